The lowest BCUT2D eigenvalue weighted by Gasteiger charge is -2.28. The summed E-state index contributed by atoms with van der Waals surface area (Å²) in [5.74, 6) is 0. The number of hydrogen-bond acceptors (Lipinski definition) is 3. The Kier molecular flexibility index (Phi) is 4.97. The molecule has 1 atom stereocenters. The summed E-state index contributed by atoms with van der Waals surface area (Å²) in [6.07, 6.45) is 6.40. The Labute approximate surface area is 115 Å². The molecule has 19 heavy (non-hydrogen) atoms. The van der Waals surface area contributed by atoms with E-state index in [1.165, 1.54) is 49.6 Å². The fraction of sp³-hybridized carbons (Fsp3) is 0.562. The number of nitrogens with zero attached hydrogens (tertiary/aromatic N) is 2. The molecule has 0 aromatic heterocycles. The second-order valence-corrected chi connectivity index (χ2v) is 5.24. The van der Waals surface area contributed by atoms with E-state index in [1.807, 2.05) is 6.07 Å². The van der Waals surface area contributed by atoms with E-state index in [4.69, 9.17) is 5.21 Å². The molecule has 0 aliphatic heterocycles. The van der Waals surface area contributed by atoms with E-state index in [2.05, 4.69) is 36.0 Å². The SMILES string of the molecule is CCCCN(CC)C1CCc2ccc(/C=N/O)cc21. The molecule has 0 fully saturated rings. The van der Waals surface area contributed by atoms with Crippen LogP contribution in [0.25, 0.3) is 0 Å². The van der Waals surface area contributed by atoms with Crippen LogP contribution in [0.4, 0.5) is 0 Å². The first-order valence-electron chi connectivity index (χ1n) is 7.34. The van der Waals surface area contributed by atoms with Crippen LogP contribution < -0.4 is 0 Å². The van der Waals surface area contributed by atoms with Crippen molar-refractivity contribution in [3.8, 4) is 0 Å². The van der Waals surface area contributed by atoms with Crippen LogP contribution in [0.3, 0.4) is 0 Å². The van der Waals surface area contributed by atoms with Crippen LogP contribution in [0, 0.1) is 0 Å². The lowest BCUT2D eigenvalue weighted by molar-refractivity contribution is 0.204. The summed E-state index contributed by atoms with van der Waals surface area (Å²) in [6, 6.07) is 6.93. The summed E-state index contributed by atoms with van der Waals surface area (Å²) in [7, 11) is 0. The third kappa shape index (κ3) is 3.16. The summed E-state index contributed by atoms with van der Waals surface area (Å²) >= 11 is 0. The van der Waals surface area contributed by atoms with Crippen molar-refractivity contribution in [1.29, 1.82) is 0 Å². The largest absolute Gasteiger partial charge is 0.411 e. The summed E-state index contributed by atoms with van der Waals surface area (Å²) in [5, 5.41) is 11.8. The summed E-state index contributed by atoms with van der Waals surface area (Å²) in [5.41, 5.74) is 3.87. The van der Waals surface area contributed by atoms with E-state index in [1.54, 1.807) is 0 Å². The minimum atomic E-state index is 0.540. The Morgan fingerprint density at radius 3 is 2.95 bits per heavy atom. The molecule has 1 aromatic carbocycles. The van der Waals surface area contributed by atoms with Crippen molar-refractivity contribution in [2.24, 2.45) is 5.16 Å². The van der Waals surface area contributed by atoms with Crippen LogP contribution in [-0.4, -0.2) is 29.4 Å². The summed E-state index contributed by atoms with van der Waals surface area (Å²) in [4.78, 5) is 2.58. The lowest BCUT2D eigenvalue weighted by Crippen LogP contribution is -2.28. The second-order valence-electron chi connectivity index (χ2n) is 5.24. The van der Waals surface area contributed by atoms with Gasteiger partial charge in [-0.3, -0.25) is 4.90 Å². The van der Waals surface area contributed by atoms with Crippen LogP contribution in [0.15, 0.2) is 23.4 Å². The number of oxime groups is 1. The van der Waals surface area contributed by atoms with Crippen molar-refractivity contribution in [3.63, 3.8) is 0 Å². The van der Waals surface area contributed by atoms with E-state index in [-0.39, 0.29) is 0 Å². The molecule has 1 unspecified atom stereocenters. The summed E-state index contributed by atoms with van der Waals surface area (Å²) < 4.78 is 0. The normalized spacial score (nSPS) is 18.4. The van der Waals surface area contributed by atoms with Crippen molar-refractivity contribution in [1.82, 2.24) is 4.90 Å². The van der Waals surface area contributed by atoms with Crippen molar-refractivity contribution in [2.75, 3.05) is 13.1 Å². The fourth-order valence-electron chi connectivity index (χ4n) is 3.02. The highest BCUT2D eigenvalue weighted by Gasteiger charge is 2.26. The number of rotatable bonds is 6. The molecule has 0 spiro atoms. The Morgan fingerprint density at radius 2 is 2.26 bits per heavy atom. The third-order valence-electron chi connectivity index (χ3n) is 4.07. The van der Waals surface area contributed by atoms with Gasteiger partial charge in [0.25, 0.3) is 0 Å². The van der Waals surface area contributed by atoms with Crippen LogP contribution >= 0.6 is 0 Å². The molecule has 1 aliphatic carbocycles. The first kappa shape index (κ1) is 14.1. The average molecular weight is 260 g/mol. The topological polar surface area (TPSA) is 35.8 Å². The lowest BCUT2D eigenvalue weighted by atomic mass is 10.0. The molecule has 0 radical (unpaired) electrons. The molecule has 1 N–H and O–H groups in total. The van der Waals surface area contributed by atoms with E-state index in [9.17, 15) is 0 Å². The van der Waals surface area contributed by atoms with Gasteiger partial charge in [-0.1, -0.05) is 37.6 Å². The monoisotopic (exact) mass is 260 g/mol. The van der Waals surface area contributed by atoms with E-state index in [0.29, 0.717) is 6.04 Å². The van der Waals surface area contributed by atoms with Gasteiger partial charge in [0.2, 0.25) is 0 Å². The Morgan fingerprint density at radius 1 is 1.42 bits per heavy atom. The molecule has 1 aliphatic rings. The second kappa shape index (κ2) is 6.71. The van der Waals surface area contributed by atoms with Crippen molar-refractivity contribution < 1.29 is 5.21 Å². The maximum Gasteiger partial charge on any atom is 0.0733 e. The van der Waals surface area contributed by atoms with Gasteiger partial charge in [0, 0.05) is 6.04 Å². The standard InChI is InChI=1S/C16H24N2O/c1-3-5-10-18(4-2)16-9-8-14-7-6-13(12-17-19)11-15(14)16/h6-7,11-12,16,19H,3-5,8-10H2,1-2H3/b17-12+. The van der Waals surface area contributed by atoms with Crippen LogP contribution in [0.2, 0.25) is 0 Å². The molecule has 2 rings (SSSR count). The van der Waals surface area contributed by atoms with E-state index >= 15 is 0 Å². The minimum absolute atomic E-state index is 0.540. The number of fused-ring (bicyclic) bond motifs is 1. The minimum Gasteiger partial charge on any atom is -0.411 e. The first-order chi connectivity index (χ1) is 9.30. The van der Waals surface area contributed by atoms with Gasteiger partial charge in [0.15, 0.2) is 0 Å². The van der Waals surface area contributed by atoms with Gasteiger partial charge in [-0.15, -0.1) is 0 Å². The van der Waals surface area contributed by atoms with Crippen LogP contribution in [-0.2, 0) is 6.42 Å². The van der Waals surface area contributed by atoms with E-state index < -0.39 is 0 Å². The number of unbranched alkanes of at least 4 members (excludes halogenated alkanes) is 1. The molecule has 1 aromatic rings. The predicted octanol–water partition coefficient (Wildman–Crippen LogP) is 3.60. The Bertz CT molecular complexity index is 442. The molecule has 0 amide bonds. The van der Waals surface area contributed by atoms with Gasteiger partial charge in [0.1, 0.15) is 0 Å². The number of benzene rings is 1. The first-order valence-corrected chi connectivity index (χ1v) is 7.34. The van der Waals surface area contributed by atoms with Gasteiger partial charge in [-0.05, 0) is 55.1 Å². The van der Waals surface area contributed by atoms with Crippen molar-refractivity contribution >= 4 is 6.21 Å². The molecule has 0 saturated carbocycles. The molecule has 0 heterocycles. The molecular weight excluding hydrogens is 236 g/mol. The zero-order valence-corrected chi connectivity index (χ0v) is 12.0. The Balaban J connectivity index is 2.20. The molecular formula is C16H24N2O. The van der Waals surface area contributed by atoms with Gasteiger partial charge in [0.05, 0.1) is 6.21 Å². The fourth-order valence-corrected chi connectivity index (χ4v) is 3.02. The number of hydrogen-bond donors (Lipinski definition) is 1. The smallest absolute Gasteiger partial charge is 0.0733 e. The average Bonchev–Trinajstić information content (AvgIpc) is 2.84. The molecule has 104 valence electrons. The number of aryl methyl sites for hydroxylation is 1. The predicted molar refractivity (Wildman–Crippen MR) is 79.0 cm³/mol. The molecule has 3 nitrogen and oxygen atoms in total. The van der Waals surface area contributed by atoms with Crippen LogP contribution in [0.5, 0.6) is 0 Å². The zero-order chi connectivity index (χ0) is 13.7. The highest BCUT2D eigenvalue weighted by atomic mass is 16.4. The van der Waals surface area contributed by atoms with Gasteiger partial charge in [-0.2, -0.15) is 0 Å². The van der Waals surface area contributed by atoms with Gasteiger partial charge >= 0.3 is 0 Å². The highest BCUT2D eigenvalue weighted by Crippen LogP contribution is 2.36. The van der Waals surface area contributed by atoms with Crippen LogP contribution in [0.1, 0.15) is 55.8 Å². The Hall–Kier alpha value is -1.35. The van der Waals surface area contributed by atoms with Crippen molar-refractivity contribution in [2.45, 2.75) is 45.6 Å². The molecule has 3 heteroatoms. The maximum absolute atomic E-state index is 8.66. The van der Waals surface area contributed by atoms with E-state index in [0.717, 1.165) is 12.1 Å². The third-order valence-corrected chi connectivity index (χ3v) is 4.07. The van der Waals surface area contributed by atoms with Gasteiger partial charge < -0.3 is 5.21 Å². The zero-order valence-electron chi connectivity index (χ0n) is 12.0. The highest BCUT2D eigenvalue weighted by molar-refractivity contribution is 5.79. The quantitative estimate of drug-likeness (QED) is 0.482. The summed E-state index contributed by atoms with van der Waals surface area (Å²) in [6.45, 7) is 6.76. The molecule has 0 saturated heterocycles. The maximum atomic E-state index is 8.66. The molecule has 0 bridgehead atoms. The van der Waals surface area contributed by atoms with Crippen molar-refractivity contribution in [3.05, 3.63) is 34.9 Å². The van der Waals surface area contributed by atoms with Gasteiger partial charge in [-0.25, -0.2) is 0 Å².